The maximum atomic E-state index is 14.2. The molecule has 2 bridgehead atoms. The Bertz CT molecular complexity index is 1240. The van der Waals surface area contributed by atoms with Crippen LogP contribution >= 0.6 is 0 Å². The lowest BCUT2D eigenvalue weighted by atomic mass is 9.45. The van der Waals surface area contributed by atoms with Gasteiger partial charge in [0.15, 0.2) is 11.9 Å². The summed E-state index contributed by atoms with van der Waals surface area (Å²) in [7, 11) is 1.16. The minimum absolute atomic E-state index is 0.0280. The molecule has 200 valence electrons. The highest BCUT2D eigenvalue weighted by molar-refractivity contribution is 5.94. The van der Waals surface area contributed by atoms with E-state index in [0.29, 0.717) is 18.4 Å². The van der Waals surface area contributed by atoms with E-state index in [1.54, 1.807) is 19.9 Å². The molecule has 3 heterocycles. The molecule has 2 aliphatic heterocycles. The van der Waals surface area contributed by atoms with Crippen molar-refractivity contribution in [3.8, 4) is 0 Å². The normalized spacial score (nSPS) is 55.6. The zero-order chi connectivity index (χ0) is 26.6. The van der Waals surface area contributed by atoms with Crippen LogP contribution in [0.2, 0.25) is 0 Å². The van der Waals surface area contributed by atoms with E-state index in [4.69, 9.17) is 18.6 Å². The molecule has 4 aliphatic carbocycles. The minimum atomic E-state index is -1.79. The molecule has 0 radical (unpaired) electrons. The van der Waals surface area contributed by atoms with Crippen molar-refractivity contribution in [3.05, 3.63) is 24.2 Å². The van der Waals surface area contributed by atoms with Crippen molar-refractivity contribution in [1.29, 1.82) is 0 Å². The summed E-state index contributed by atoms with van der Waals surface area (Å²) >= 11 is 0. The summed E-state index contributed by atoms with van der Waals surface area (Å²) in [6, 6.07) is 1.71. The van der Waals surface area contributed by atoms with E-state index >= 15 is 0 Å². The Morgan fingerprint density at radius 1 is 1.22 bits per heavy atom. The summed E-state index contributed by atoms with van der Waals surface area (Å²) in [4.78, 5) is 40.1. The second-order valence-electron chi connectivity index (χ2n) is 12.9. The molecule has 37 heavy (non-hydrogen) atoms. The number of hydrogen-bond acceptors (Lipinski definition) is 10. The summed E-state index contributed by atoms with van der Waals surface area (Å²) in [6.45, 7) is 5.34. The van der Waals surface area contributed by atoms with Crippen molar-refractivity contribution in [2.75, 3.05) is 7.11 Å². The molecule has 0 amide bonds. The van der Waals surface area contributed by atoms with Crippen LogP contribution in [0.1, 0.15) is 58.1 Å². The molecule has 2 saturated heterocycles. The lowest BCUT2D eigenvalue weighted by Crippen LogP contribution is -2.72. The number of ketones is 1. The van der Waals surface area contributed by atoms with Crippen LogP contribution in [0.3, 0.4) is 0 Å². The molecule has 6 aliphatic rings. The smallest absolute Gasteiger partial charge is 0.335 e. The molecule has 4 saturated carbocycles. The van der Waals surface area contributed by atoms with Crippen LogP contribution in [-0.2, 0) is 28.6 Å². The van der Waals surface area contributed by atoms with Gasteiger partial charge in [-0.15, -0.1) is 0 Å². The summed E-state index contributed by atoms with van der Waals surface area (Å²) in [5, 5.41) is 36.8. The van der Waals surface area contributed by atoms with Crippen molar-refractivity contribution in [1.82, 2.24) is 0 Å². The zero-order valence-electron chi connectivity index (χ0n) is 21.2. The number of carbonyl (C=O) groups is 3. The molecule has 3 N–H and O–H groups in total. The molecule has 7 rings (SSSR count). The fourth-order valence-electron chi connectivity index (χ4n) is 10.7. The molecule has 1 aromatic rings. The van der Waals surface area contributed by atoms with Crippen LogP contribution in [0.4, 0.5) is 0 Å². The Hall–Kier alpha value is -2.27. The highest BCUT2D eigenvalue weighted by Crippen LogP contribution is 2.85. The molecule has 0 aromatic carbocycles. The first-order chi connectivity index (χ1) is 17.3. The fourth-order valence-corrected chi connectivity index (χ4v) is 10.7. The van der Waals surface area contributed by atoms with Gasteiger partial charge in [0.1, 0.15) is 23.4 Å². The number of Topliss-reactive ketones (excluding diaryl/α,β-unsaturated/α-hetero) is 1. The third-order valence-electron chi connectivity index (χ3n) is 11.9. The van der Waals surface area contributed by atoms with Crippen LogP contribution in [0, 0.1) is 34.0 Å². The standard InChI is InChI=1S/C27H32O10/c1-22-11-25(32)18-16(19(22)30)37-26-9-14(28)36-20(12-6-8-35-10-12)23(26,2)7-5-13(27(18,26)33)24(25,3)17(22)15(29)21(31)34-4/h6,8,10,13,15-18,20,29,32-33H,5,7,9,11H2,1-4H3/t13-,15+,16+,17+,18-,20+,22+,23+,24-,25-,26+,27-/m1/s1. The van der Waals surface area contributed by atoms with Gasteiger partial charge < -0.3 is 33.9 Å². The maximum absolute atomic E-state index is 14.2. The number of fused-ring (bicyclic) bond motifs is 2. The Labute approximate surface area is 213 Å². The molecule has 0 unspecified atom stereocenters. The number of esters is 2. The van der Waals surface area contributed by atoms with Gasteiger partial charge in [0.05, 0.1) is 37.6 Å². The van der Waals surface area contributed by atoms with E-state index in [2.05, 4.69) is 0 Å². The summed E-state index contributed by atoms with van der Waals surface area (Å²) in [5.74, 6) is -4.55. The Morgan fingerprint density at radius 3 is 2.59 bits per heavy atom. The maximum Gasteiger partial charge on any atom is 0.335 e. The minimum Gasteiger partial charge on any atom is -0.472 e. The summed E-state index contributed by atoms with van der Waals surface area (Å²) in [6.07, 6.45) is -0.164. The second kappa shape index (κ2) is 6.47. The van der Waals surface area contributed by atoms with Crippen molar-refractivity contribution in [3.63, 3.8) is 0 Å². The van der Waals surface area contributed by atoms with Crippen molar-refractivity contribution in [2.24, 2.45) is 34.0 Å². The number of methoxy groups -OCH3 is 1. The lowest BCUT2D eigenvalue weighted by Gasteiger charge is -2.63. The molecule has 12 atom stereocenters. The van der Waals surface area contributed by atoms with Gasteiger partial charge in [0.2, 0.25) is 0 Å². The average Bonchev–Trinajstić information content (AvgIpc) is 3.52. The van der Waals surface area contributed by atoms with E-state index in [1.807, 2.05) is 6.92 Å². The van der Waals surface area contributed by atoms with Gasteiger partial charge in [0.25, 0.3) is 0 Å². The first kappa shape index (κ1) is 23.8. The number of aliphatic hydroxyl groups excluding tert-OH is 1. The Kier molecular flexibility index (Phi) is 4.17. The largest absolute Gasteiger partial charge is 0.472 e. The number of cyclic esters (lactones) is 1. The van der Waals surface area contributed by atoms with Gasteiger partial charge in [-0.05, 0) is 31.2 Å². The quantitative estimate of drug-likeness (QED) is 0.497. The second-order valence-corrected chi connectivity index (χ2v) is 12.9. The monoisotopic (exact) mass is 516 g/mol. The van der Waals surface area contributed by atoms with Crippen molar-refractivity contribution >= 4 is 17.7 Å². The molecule has 1 aromatic heterocycles. The van der Waals surface area contributed by atoms with Gasteiger partial charge in [-0.3, -0.25) is 9.59 Å². The van der Waals surface area contributed by atoms with Crippen LogP contribution < -0.4 is 0 Å². The fraction of sp³-hybridized carbons (Fsp3) is 0.741. The van der Waals surface area contributed by atoms with Crippen LogP contribution in [0.25, 0.3) is 0 Å². The van der Waals surface area contributed by atoms with Gasteiger partial charge in [-0.25, -0.2) is 4.79 Å². The third kappa shape index (κ3) is 2.08. The van der Waals surface area contributed by atoms with E-state index < -0.39 is 81.1 Å². The van der Waals surface area contributed by atoms with Crippen LogP contribution in [0.15, 0.2) is 23.0 Å². The summed E-state index contributed by atoms with van der Waals surface area (Å²) < 4.78 is 22.7. The number of ether oxygens (including phenoxy) is 3. The predicted molar refractivity (Wildman–Crippen MR) is 121 cm³/mol. The van der Waals surface area contributed by atoms with Gasteiger partial charge in [-0.2, -0.15) is 0 Å². The zero-order valence-corrected chi connectivity index (χ0v) is 21.2. The number of furan rings is 1. The predicted octanol–water partition coefficient (Wildman–Crippen LogP) is 1.06. The third-order valence-corrected chi connectivity index (χ3v) is 11.9. The number of carbonyl (C=O) groups excluding carboxylic acids is 3. The van der Waals surface area contributed by atoms with Gasteiger partial charge >= 0.3 is 11.9 Å². The molecule has 6 fully saturated rings. The van der Waals surface area contributed by atoms with E-state index in [9.17, 15) is 29.7 Å². The first-order valence-electron chi connectivity index (χ1n) is 12.9. The topological polar surface area (TPSA) is 153 Å². The first-order valence-corrected chi connectivity index (χ1v) is 12.9. The highest BCUT2D eigenvalue weighted by atomic mass is 16.6. The highest BCUT2D eigenvalue weighted by Gasteiger charge is 2.95. The Balaban J connectivity index is 1.49. The summed E-state index contributed by atoms with van der Waals surface area (Å²) in [5.41, 5.74) is -7.81. The SMILES string of the molecule is COC(=O)[C@@H](O)[C@@H]1[C@@]2(C)[C@H]3CC[C@@]4(C)[C@H](c5ccoc5)OC(=O)C[C@]45O[C@@H]4C(=O)[C@@]1(C)C[C@@]2(O)[C@@H]4[C@]35O. The molecular weight excluding hydrogens is 484 g/mol. The van der Waals surface area contributed by atoms with E-state index in [0.717, 1.165) is 7.11 Å². The van der Waals surface area contributed by atoms with E-state index in [-0.39, 0.29) is 18.6 Å². The van der Waals surface area contributed by atoms with Gasteiger partial charge in [0, 0.05) is 27.7 Å². The van der Waals surface area contributed by atoms with E-state index in [1.165, 1.54) is 12.5 Å². The molecule has 10 heteroatoms. The van der Waals surface area contributed by atoms with Gasteiger partial charge in [-0.1, -0.05) is 20.8 Å². The van der Waals surface area contributed by atoms with Crippen molar-refractivity contribution < 1.29 is 48.3 Å². The Morgan fingerprint density at radius 2 is 1.95 bits per heavy atom. The number of aliphatic hydroxyl groups is 3. The lowest BCUT2D eigenvalue weighted by molar-refractivity contribution is -0.295. The number of hydrogen-bond donors (Lipinski definition) is 3. The van der Waals surface area contributed by atoms with Crippen molar-refractivity contribution in [2.45, 2.75) is 81.6 Å². The molecular formula is C27H32O10. The van der Waals surface area contributed by atoms with Crippen LogP contribution in [-0.4, -0.2) is 69.2 Å². The molecule has 1 spiro atoms. The number of rotatable bonds is 3. The van der Waals surface area contributed by atoms with Crippen LogP contribution in [0.5, 0.6) is 0 Å². The molecule has 10 nitrogen and oxygen atoms in total. The average molecular weight is 517 g/mol.